The van der Waals surface area contributed by atoms with E-state index in [0.717, 1.165) is 23.8 Å². The second kappa shape index (κ2) is 7.26. The Morgan fingerprint density at radius 1 is 1.42 bits per heavy atom. The van der Waals surface area contributed by atoms with Gasteiger partial charge in [0.1, 0.15) is 0 Å². The zero-order valence-corrected chi connectivity index (χ0v) is 11.4. The molecule has 0 radical (unpaired) electrons. The van der Waals surface area contributed by atoms with Crippen molar-refractivity contribution < 1.29 is 9.53 Å². The Hall–Kier alpha value is -1.39. The highest BCUT2D eigenvalue weighted by Gasteiger charge is 2.20. The summed E-state index contributed by atoms with van der Waals surface area (Å²) in [7, 11) is 0. The topological polar surface area (TPSA) is 50.4 Å². The second-order valence-electron chi connectivity index (χ2n) is 5.11. The van der Waals surface area contributed by atoms with Crippen molar-refractivity contribution in [2.24, 2.45) is 5.92 Å². The van der Waals surface area contributed by atoms with Crippen molar-refractivity contribution in [3.63, 3.8) is 0 Å². The van der Waals surface area contributed by atoms with Crippen LogP contribution in [-0.4, -0.2) is 32.2 Å². The van der Waals surface area contributed by atoms with E-state index >= 15 is 0 Å². The summed E-state index contributed by atoms with van der Waals surface area (Å²) >= 11 is 0. The molecule has 1 fully saturated rings. The van der Waals surface area contributed by atoms with Crippen LogP contribution < -0.4 is 10.6 Å². The van der Waals surface area contributed by atoms with E-state index in [4.69, 9.17) is 4.74 Å². The van der Waals surface area contributed by atoms with Crippen molar-refractivity contribution in [3.8, 4) is 0 Å². The molecule has 1 amide bonds. The summed E-state index contributed by atoms with van der Waals surface area (Å²) in [5.74, 6) is 0.775. The number of anilines is 1. The number of carbonyl (C=O) groups is 1. The van der Waals surface area contributed by atoms with Crippen molar-refractivity contribution in [1.29, 1.82) is 0 Å². The van der Waals surface area contributed by atoms with E-state index in [1.54, 1.807) is 0 Å². The van der Waals surface area contributed by atoms with Gasteiger partial charge in [0.2, 0.25) is 5.91 Å². The molecule has 0 aliphatic heterocycles. The maximum Gasteiger partial charge on any atom is 0.238 e. The van der Waals surface area contributed by atoms with Gasteiger partial charge in [0.05, 0.1) is 13.2 Å². The predicted octanol–water partition coefficient (Wildman–Crippen LogP) is 1.95. The largest absolute Gasteiger partial charge is 0.380 e. The Kier molecular flexibility index (Phi) is 5.36. The zero-order chi connectivity index (χ0) is 13.5. The molecule has 0 unspecified atom stereocenters. The molecule has 104 valence electrons. The Morgan fingerprint density at radius 3 is 3.00 bits per heavy atom. The lowest BCUT2D eigenvalue weighted by atomic mass is 10.2. The lowest BCUT2D eigenvalue weighted by Gasteiger charge is -2.07. The van der Waals surface area contributed by atoms with Crippen LogP contribution in [0.5, 0.6) is 0 Å². The fourth-order valence-corrected chi connectivity index (χ4v) is 1.81. The fourth-order valence-electron chi connectivity index (χ4n) is 1.81. The van der Waals surface area contributed by atoms with Crippen LogP contribution in [-0.2, 0) is 9.53 Å². The second-order valence-corrected chi connectivity index (χ2v) is 5.11. The standard InChI is InChI=1S/C15H22N2O2/c1-12-3-2-4-14(9-12)17-15(18)10-16-7-8-19-11-13-5-6-13/h2-4,9,13,16H,5-8,10-11H2,1H3,(H,17,18). The first-order valence-electron chi connectivity index (χ1n) is 6.89. The molecular weight excluding hydrogens is 240 g/mol. The summed E-state index contributed by atoms with van der Waals surface area (Å²) < 4.78 is 5.48. The van der Waals surface area contributed by atoms with Crippen molar-refractivity contribution in [1.82, 2.24) is 5.32 Å². The first-order valence-corrected chi connectivity index (χ1v) is 6.89. The van der Waals surface area contributed by atoms with Gasteiger partial charge in [0.15, 0.2) is 0 Å². The molecule has 2 N–H and O–H groups in total. The summed E-state index contributed by atoms with van der Waals surface area (Å²) in [6.07, 6.45) is 2.62. The summed E-state index contributed by atoms with van der Waals surface area (Å²) in [5.41, 5.74) is 1.98. The van der Waals surface area contributed by atoms with Crippen LogP contribution in [0.1, 0.15) is 18.4 Å². The van der Waals surface area contributed by atoms with E-state index in [9.17, 15) is 4.79 Å². The molecule has 1 aromatic rings. The highest BCUT2D eigenvalue weighted by atomic mass is 16.5. The number of hydrogen-bond acceptors (Lipinski definition) is 3. The van der Waals surface area contributed by atoms with E-state index in [2.05, 4.69) is 10.6 Å². The molecule has 0 spiro atoms. The van der Waals surface area contributed by atoms with Gasteiger partial charge >= 0.3 is 0 Å². The highest BCUT2D eigenvalue weighted by Crippen LogP contribution is 2.28. The Labute approximate surface area is 114 Å². The molecule has 1 saturated carbocycles. The molecule has 0 saturated heterocycles. The number of aryl methyl sites for hydroxylation is 1. The van der Waals surface area contributed by atoms with Gasteiger partial charge in [-0.2, -0.15) is 0 Å². The molecule has 1 aromatic carbocycles. The van der Waals surface area contributed by atoms with Crippen LogP contribution in [0.25, 0.3) is 0 Å². The van der Waals surface area contributed by atoms with Crippen LogP contribution >= 0.6 is 0 Å². The van der Waals surface area contributed by atoms with E-state index in [-0.39, 0.29) is 5.91 Å². The van der Waals surface area contributed by atoms with Crippen LogP contribution in [0, 0.1) is 12.8 Å². The molecule has 4 heteroatoms. The number of nitrogens with one attached hydrogen (secondary N) is 2. The summed E-state index contributed by atoms with van der Waals surface area (Å²) in [5, 5.41) is 5.94. The van der Waals surface area contributed by atoms with Crippen molar-refractivity contribution >= 4 is 11.6 Å². The van der Waals surface area contributed by atoms with Crippen LogP contribution in [0.15, 0.2) is 24.3 Å². The SMILES string of the molecule is Cc1cccc(NC(=O)CNCCOCC2CC2)c1. The zero-order valence-electron chi connectivity index (χ0n) is 11.4. The molecule has 4 nitrogen and oxygen atoms in total. The van der Waals surface area contributed by atoms with E-state index in [1.165, 1.54) is 12.8 Å². The molecule has 1 aliphatic rings. The molecule has 2 rings (SSSR count). The number of carbonyl (C=O) groups excluding carboxylic acids is 1. The summed E-state index contributed by atoms with van der Waals surface area (Å²) in [6.45, 7) is 4.59. The van der Waals surface area contributed by atoms with Crippen LogP contribution in [0.4, 0.5) is 5.69 Å². The Balaban J connectivity index is 1.53. The Morgan fingerprint density at radius 2 is 2.26 bits per heavy atom. The first-order chi connectivity index (χ1) is 9.24. The molecule has 19 heavy (non-hydrogen) atoms. The average molecular weight is 262 g/mol. The van der Waals surface area contributed by atoms with Crippen molar-refractivity contribution in [2.75, 3.05) is 31.6 Å². The lowest BCUT2D eigenvalue weighted by molar-refractivity contribution is -0.115. The minimum absolute atomic E-state index is 0.0206. The van der Waals surface area contributed by atoms with Gasteiger partial charge in [-0.05, 0) is 43.4 Å². The predicted molar refractivity (Wildman–Crippen MR) is 76.2 cm³/mol. The normalized spacial score (nSPS) is 14.4. The minimum Gasteiger partial charge on any atom is -0.380 e. The third kappa shape index (κ3) is 5.85. The molecule has 0 aromatic heterocycles. The highest BCUT2D eigenvalue weighted by molar-refractivity contribution is 5.92. The lowest BCUT2D eigenvalue weighted by Crippen LogP contribution is -2.30. The van der Waals surface area contributed by atoms with E-state index in [0.29, 0.717) is 19.7 Å². The fraction of sp³-hybridized carbons (Fsp3) is 0.533. The monoisotopic (exact) mass is 262 g/mol. The molecular formula is C15H22N2O2. The minimum atomic E-state index is -0.0206. The summed E-state index contributed by atoms with van der Waals surface area (Å²) in [4.78, 5) is 11.7. The van der Waals surface area contributed by atoms with Gasteiger partial charge in [-0.25, -0.2) is 0 Å². The maximum atomic E-state index is 11.7. The maximum absolute atomic E-state index is 11.7. The van der Waals surface area contributed by atoms with Crippen molar-refractivity contribution in [2.45, 2.75) is 19.8 Å². The molecule has 0 heterocycles. The number of benzene rings is 1. The van der Waals surface area contributed by atoms with Gasteiger partial charge < -0.3 is 15.4 Å². The quantitative estimate of drug-likeness (QED) is 0.704. The van der Waals surface area contributed by atoms with Gasteiger partial charge in [-0.3, -0.25) is 4.79 Å². The average Bonchev–Trinajstić information content (AvgIpc) is 3.17. The van der Waals surface area contributed by atoms with Crippen LogP contribution in [0.3, 0.4) is 0 Å². The number of ether oxygens (including phenoxy) is 1. The van der Waals surface area contributed by atoms with E-state index < -0.39 is 0 Å². The van der Waals surface area contributed by atoms with Gasteiger partial charge in [-0.1, -0.05) is 12.1 Å². The van der Waals surface area contributed by atoms with Crippen molar-refractivity contribution in [3.05, 3.63) is 29.8 Å². The first kappa shape index (κ1) is 14.0. The molecule has 0 bridgehead atoms. The third-order valence-electron chi connectivity index (χ3n) is 3.06. The van der Waals surface area contributed by atoms with Gasteiger partial charge in [0, 0.05) is 18.8 Å². The van der Waals surface area contributed by atoms with Gasteiger partial charge in [0.25, 0.3) is 0 Å². The summed E-state index contributed by atoms with van der Waals surface area (Å²) in [6, 6.07) is 7.79. The molecule has 0 atom stereocenters. The number of rotatable bonds is 8. The van der Waals surface area contributed by atoms with E-state index in [1.807, 2.05) is 31.2 Å². The number of amides is 1. The number of hydrogen-bond donors (Lipinski definition) is 2. The third-order valence-corrected chi connectivity index (χ3v) is 3.06. The van der Waals surface area contributed by atoms with Gasteiger partial charge in [-0.15, -0.1) is 0 Å². The molecule has 1 aliphatic carbocycles. The van der Waals surface area contributed by atoms with Crippen LogP contribution in [0.2, 0.25) is 0 Å². The smallest absolute Gasteiger partial charge is 0.238 e. The Bertz CT molecular complexity index is 416.